The van der Waals surface area contributed by atoms with Gasteiger partial charge in [-0.15, -0.1) is 0 Å². The predicted molar refractivity (Wildman–Crippen MR) is 60.7 cm³/mol. The Labute approximate surface area is 106 Å². The molecule has 2 heterocycles. The number of rotatable bonds is 2. The van der Waals surface area contributed by atoms with Gasteiger partial charge in [0.15, 0.2) is 0 Å². The van der Waals surface area contributed by atoms with Gasteiger partial charge in [0.1, 0.15) is 0 Å². The number of carboxylic acids is 1. The largest absolute Gasteiger partial charge is 0.478 e. The Bertz CT molecular complexity index is 671. The second-order valence-corrected chi connectivity index (χ2v) is 3.50. The molecular formula is C12H7F2N3O2. The van der Waals surface area contributed by atoms with Crippen LogP contribution in [0.1, 0.15) is 28.0 Å². The van der Waals surface area contributed by atoms with Crippen molar-refractivity contribution >= 4 is 5.97 Å². The van der Waals surface area contributed by atoms with Gasteiger partial charge in [0.05, 0.1) is 17.3 Å². The van der Waals surface area contributed by atoms with Crippen molar-refractivity contribution in [2.24, 2.45) is 0 Å². The molecule has 2 aromatic rings. The minimum Gasteiger partial charge on any atom is -0.478 e. The molecule has 7 heteroatoms. The summed E-state index contributed by atoms with van der Waals surface area (Å²) in [4.78, 5) is 14.4. The van der Waals surface area contributed by atoms with E-state index >= 15 is 0 Å². The van der Waals surface area contributed by atoms with Crippen molar-refractivity contribution in [3.8, 4) is 11.8 Å². The summed E-state index contributed by atoms with van der Waals surface area (Å²) in [6.45, 7) is -2.72. The number of pyridine rings is 1. The van der Waals surface area contributed by atoms with Gasteiger partial charge in [0.25, 0.3) is 0 Å². The number of alkyl halides is 2. The molecule has 0 atom stereocenters. The lowest BCUT2D eigenvalue weighted by Crippen LogP contribution is -1.97. The van der Waals surface area contributed by atoms with E-state index in [4.69, 9.17) is 5.11 Å². The molecule has 0 aromatic carbocycles. The van der Waals surface area contributed by atoms with E-state index in [2.05, 4.69) is 21.9 Å². The third-order valence-electron chi connectivity index (χ3n) is 2.14. The van der Waals surface area contributed by atoms with Crippen LogP contribution >= 0.6 is 0 Å². The Balaban J connectivity index is 2.23. The molecule has 0 amide bonds. The van der Waals surface area contributed by atoms with Crippen molar-refractivity contribution < 1.29 is 18.7 Å². The Kier molecular flexibility index (Phi) is 3.52. The molecule has 96 valence electrons. The lowest BCUT2D eigenvalue weighted by atomic mass is 10.2. The van der Waals surface area contributed by atoms with Crippen LogP contribution in [0.25, 0.3) is 0 Å². The van der Waals surface area contributed by atoms with E-state index in [0.29, 0.717) is 15.8 Å². The van der Waals surface area contributed by atoms with Crippen molar-refractivity contribution in [3.63, 3.8) is 0 Å². The molecule has 1 N–H and O–H groups in total. The highest BCUT2D eigenvalue weighted by atomic mass is 19.3. The molecular weight excluding hydrogens is 256 g/mol. The van der Waals surface area contributed by atoms with Crippen LogP contribution in [-0.4, -0.2) is 25.8 Å². The van der Waals surface area contributed by atoms with E-state index in [1.54, 1.807) is 0 Å². The topological polar surface area (TPSA) is 68.0 Å². The van der Waals surface area contributed by atoms with E-state index in [0.717, 1.165) is 6.20 Å². The molecule has 0 unspecified atom stereocenters. The highest BCUT2D eigenvalue weighted by molar-refractivity contribution is 5.87. The zero-order chi connectivity index (χ0) is 13.8. The van der Waals surface area contributed by atoms with Gasteiger partial charge >= 0.3 is 12.5 Å². The maximum Gasteiger partial charge on any atom is 0.337 e. The molecule has 0 aliphatic rings. The monoisotopic (exact) mass is 263 g/mol. The number of hydrogen-bond donors (Lipinski definition) is 1. The van der Waals surface area contributed by atoms with Crippen molar-refractivity contribution in [2.45, 2.75) is 6.55 Å². The summed E-state index contributed by atoms with van der Waals surface area (Å²) < 4.78 is 25.0. The quantitative estimate of drug-likeness (QED) is 0.838. The number of hydrogen-bond acceptors (Lipinski definition) is 3. The molecule has 0 radical (unpaired) electrons. The first kappa shape index (κ1) is 12.7. The Hall–Kier alpha value is -2.75. The highest BCUT2D eigenvalue weighted by Crippen LogP contribution is 2.09. The summed E-state index contributed by atoms with van der Waals surface area (Å²) in [5.74, 6) is 4.13. The molecule has 0 saturated carbocycles. The lowest BCUT2D eigenvalue weighted by Gasteiger charge is -1.94. The molecule has 0 aliphatic heterocycles. The Morgan fingerprint density at radius 3 is 2.63 bits per heavy atom. The molecule has 5 nitrogen and oxygen atoms in total. The van der Waals surface area contributed by atoms with Crippen LogP contribution in [0.4, 0.5) is 8.78 Å². The van der Waals surface area contributed by atoms with Crippen LogP contribution in [0.3, 0.4) is 0 Å². The van der Waals surface area contributed by atoms with E-state index in [1.807, 2.05) is 0 Å². The summed E-state index contributed by atoms with van der Waals surface area (Å²) in [6.07, 6.45) is 4.89. The number of aromatic nitrogens is 3. The molecule has 0 bridgehead atoms. The fraction of sp³-hybridized carbons (Fsp3) is 0.0833. The first-order valence-corrected chi connectivity index (χ1v) is 5.09. The average molecular weight is 263 g/mol. The summed E-state index contributed by atoms with van der Waals surface area (Å²) in [5, 5.41) is 12.2. The van der Waals surface area contributed by atoms with Gasteiger partial charge in [0, 0.05) is 24.2 Å². The third-order valence-corrected chi connectivity index (χ3v) is 2.14. The minimum atomic E-state index is -2.72. The molecule has 19 heavy (non-hydrogen) atoms. The van der Waals surface area contributed by atoms with Crippen molar-refractivity contribution in [1.82, 2.24) is 14.8 Å². The predicted octanol–water partition coefficient (Wildman–Crippen LogP) is 1.77. The zero-order valence-corrected chi connectivity index (χ0v) is 9.42. The van der Waals surface area contributed by atoms with Crippen molar-refractivity contribution in [3.05, 3.63) is 47.5 Å². The van der Waals surface area contributed by atoms with Gasteiger partial charge in [-0.25, -0.2) is 9.48 Å². The molecule has 2 aromatic heterocycles. The number of carbonyl (C=O) groups is 1. The second-order valence-electron chi connectivity index (χ2n) is 3.50. The number of nitrogens with zero attached hydrogens (tertiary/aromatic N) is 3. The molecule has 0 aliphatic carbocycles. The van der Waals surface area contributed by atoms with E-state index < -0.39 is 12.5 Å². The molecule has 0 fully saturated rings. The lowest BCUT2D eigenvalue weighted by molar-refractivity contribution is 0.0565. The van der Waals surface area contributed by atoms with Crippen LogP contribution in [0, 0.1) is 11.8 Å². The number of halogens is 2. The molecule has 0 spiro atoms. The first-order valence-electron chi connectivity index (χ1n) is 5.09. The zero-order valence-electron chi connectivity index (χ0n) is 9.42. The van der Waals surface area contributed by atoms with Crippen LogP contribution in [-0.2, 0) is 0 Å². The van der Waals surface area contributed by atoms with Gasteiger partial charge < -0.3 is 5.11 Å². The number of aromatic carboxylic acids is 1. The fourth-order valence-corrected chi connectivity index (χ4v) is 1.28. The van der Waals surface area contributed by atoms with Crippen molar-refractivity contribution in [2.75, 3.05) is 0 Å². The van der Waals surface area contributed by atoms with Gasteiger partial charge in [0.2, 0.25) is 0 Å². The SMILES string of the molecule is O=C(O)c1cncc(C#Cc2cnn(C(F)F)c2)c1. The summed E-state index contributed by atoms with van der Waals surface area (Å²) in [6, 6.07) is 1.35. The first-order chi connectivity index (χ1) is 9.06. The second kappa shape index (κ2) is 5.27. The normalized spacial score (nSPS) is 10.1. The fourth-order valence-electron chi connectivity index (χ4n) is 1.28. The highest BCUT2D eigenvalue weighted by Gasteiger charge is 2.06. The van der Waals surface area contributed by atoms with E-state index in [-0.39, 0.29) is 5.56 Å². The van der Waals surface area contributed by atoms with Crippen LogP contribution in [0.5, 0.6) is 0 Å². The maximum absolute atomic E-state index is 12.3. The third kappa shape index (κ3) is 3.13. The molecule has 2 rings (SSSR count). The summed E-state index contributed by atoms with van der Waals surface area (Å²) in [7, 11) is 0. The summed E-state index contributed by atoms with van der Waals surface area (Å²) in [5.41, 5.74) is 0.695. The average Bonchev–Trinajstić information content (AvgIpc) is 2.85. The molecule has 0 saturated heterocycles. The van der Waals surface area contributed by atoms with Crippen LogP contribution < -0.4 is 0 Å². The minimum absolute atomic E-state index is 0.00933. The van der Waals surface area contributed by atoms with Crippen LogP contribution in [0.15, 0.2) is 30.9 Å². The van der Waals surface area contributed by atoms with E-state index in [1.165, 1.54) is 24.7 Å². The van der Waals surface area contributed by atoms with Gasteiger partial charge in [-0.05, 0) is 6.07 Å². The van der Waals surface area contributed by atoms with Gasteiger partial charge in [-0.3, -0.25) is 4.98 Å². The maximum atomic E-state index is 12.3. The smallest absolute Gasteiger partial charge is 0.337 e. The van der Waals surface area contributed by atoms with Crippen LogP contribution in [0.2, 0.25) is 0 Å². The standard InChI is InChI=1S/C12H7F2N3O2/c13-12(14)17-7-9(5-16-17)2-1-8-3-10(11(18)19)6-15-4-8/h3-7,12H,(H,18,19). The summed E-state index contributed by atoms with van der Waals surface area (Å²) >= 11 is 0. The van der Waals surface area contributed by atoms with Gasteiger partial charge in [-0.1, -0.05) is 11.8 Å². The Morgan fingerprint density at radius 1 is 1.26 bits per heavy atom. The number of carboxylic acid groups (broad SMARTS) is 1. The van der Waals surface area contributed by atoms with E-state index in [9.17, 15) is 13.6 Å². The van der Waals surface area contributed by atoms with Crippen molar-refractivity contribution in [1.29, 1.82) is 0 Å². The Morgan fingerprint density at radius 2 is 2.00 bits per heavy atom. The van der Waals surface area contributed by atoms with Gasteiger partial charge in [-0.2, -0.15) is 13.9 Å².